The lowest BCUT2D eigenvalue weighted by Crippen LogP contribution is -2.62. The summed E-state index contributed by atoms with van der Waals surface area (Å²) in [4.78, 5) is 18.9. The SMILES string of the molecule is CC(C)(C)OC(=O)N1[C@H](Cc2ccc(N)nc2)CCN[C@@H]1[C@H](O)c1ccccc1. The molecule has 1 aromatic heterocycles. The molecule has 1 saturated heterocycles. The fraction of sp³-hybridized carbons (Fsp3) is 0.455. The lowest BCUT2D eigenvalue weighted by atomic mass is 9.97. The van der Waals surface area contributed by atoms with Crippen LogP contribution in [-0.2, 0) is 11.2 Å². The molecule has 1 fully saturated rings. The van der Waals surface area contributed by atoms with E-state index in [0.29, 0.717) is 18.8 Å². The first-order chi connectivity index (χ1) is 13.7. The quantitative estimate of drug-likeness (QED) is 0.732. The molecule has 3 rings (SSSR count). The van der Waals surface area contributed by atoms with Crippen molar-refractivity contribution in [1.29, 1.82) is 0 Å². The maximum Gasteiger partial charge on any atom is 0.411 e. The second-order valence-electron chi connectivity index (χ2n) is 8.38. The van der Waals surface area contributed by atoms with Crippen molar-refractivity contribution in [3.8, 4) is 0 Å². The normalized spacial score (nSPS) is 20.9. The van der Waals surface area contributed by atoms with Gasteiger partial charge >= 0.3 is 6.09 Å². The minimum Gasteiger partial charge on any atom is -0.444 e. The Morgan fingerprint density at radius 3 is 2.66 bits per heavy atom. The zero-order valence-electron chi connectivity index (χ0n) is 17.2. The summed E-state index contributed by atoms with van der Waals surface area (Å²) in [6.07, 6.45) is 1.16. The van der Waals surface area contributed by atoms with Crippen LogP contribution in [-0.4, -0.2) is 45.4 Å². The Morgan fingerprint density at radius 1 is 1.31 bits per heavy atom. The molecule has 0 spiro atoms. The van der Waals surface area contributed by atoms with Crippen LogP contribution in [0, 0.1) is 0 Å². The fourth-order valence-corrected chi connectivity index (χ4v) is 3.57. The topological polar surface area (TPSA) is 101 Å². The first kappa shape index (κ1) is 21.1. The van der Waals surface area contributed by atoms with Crippen molar-refractivity contribution in [3.63, 3.8) is 0 Å². The summed E-state index contributed by atoms with van der Waals surface area (Å²) in [7, 11) is 0. The van der Waals surface area contributed by atoms with Crippen molar-refractivity contribution in [2.24, 2.45) is 0 Å². The maximum atomic E-state index is 13.1. The van der Waals surface area contributed by atoms with E-state index < -0.39 is 24.0 Å². The molecule has 1 aliphatic heterocycles. The van der Waals surface area contributed by atoms with E-state index in [1.807, 2.05) is 57.2 Å². The number of nitrogen functional groups attached to an aromatic ring is 1. The van der Waals surface area contributed by atoms with Gasteiger partial charge in [0.25, 0.3) is 0 Å². The summed E-state index contributed by atoms with van der Waals surface area (Å²) in [5.74, 6) is 0.459. The molecule has 29 heavy (non-hydrogen) atoms. The van der Waals surface area contributed by atoms with Gasteiger partial charge in [0.2, 0.25) is 0 Å². The molecule has 3 atom stereocenters. The number of benzene rings is 1. The number of aliphatic hydroxyl groups excluding tert-OH is 1. The van der Waals surface area contributed by atoms with Gasteiger partial charge in [-0.2, -0.15) is 0 Å². The molecule has 1 aromatic carbocycles. The molecule has 7 heteroatoms. The van der Waals surface area contributed by atoms with Gasteiger partial charge in [-0.05, 0) is 57.4 Å². The summed E-state index contributed by atoms with van der Waals surface area (Å²) in [6, 6.07) is 12.9. The fourth-order valence-electron chi connectivity index (χ4n) is 3.57. The Morgan fingerprint density at radius 2 is 2.03 bits per heavy atom. The Balaban J connectivity index is 1.89. The van der Waals surface area contributed by atoms with Crippen molar-refractivity contribution in [2.45, 2.75) is 57.5 Å². The van der Waals surface area contributed by atoms with Crippen molar-refractivity contribution < 1.29 is 14.6 Å². The number of amides is 1. The third kappa shape index (κ3) is 5.46. The highest BCUT2D eigenvalue weighted by Crippen LogP contribution is 2.28. The summed E-state index contributed by atoms with van der Waals surface area (Å²) < 4.78 is 5.68. The average Bonchev–Trinajstić information content (AvgIpc) is 2.68. The summed E-state index contributed by atoms with van der Waals surface area (Å²) in [5.41, 5.74) is 6.78. The molecule has 1 amide bonds. The molecule has 4 N–H and O–H groups in total. The molecule has 0 saturated carbocycles. The Labute approximate surface area is 171 Å². The molecular formula is C22H30N4O3. The van der Waals surface area contributed by atoms with E-state index in [4.69, 9.17) is 10.5 Å². The third-order valence-corrected chi connectivity index (χ3v) is 4.89. The molecule has 0 radical (unpaired) electrons. The smallest absolute Gasteiger partial charge is 0.411 e. The summed E-state index contributed by atoms with van der Waals surface area (Å²) in [6.45, 7) is 6.19. The van der Waals surface area contributed by atoms with Crippen molar-refractivity contribution in [2.75, 3.05) is 12.3 Å². The van der Waals surface area contributed by atoms with Gasteiger partial charge in [-0.3, -0.25) is 10.2 Å². The van der Waals surface area contributed by atoms with Crippen LogP contribution in [0.2, 0.25) is 0 Å². The molecule has 0 aliphatic carbocycles. The first-order valence-electron chi connectivity index (χ1n) is 9.93. The van der Waals surface area contributed by atoms with Crippen LogP contribution in [0.1, 0.15) is 44.4 Å². The van der Waals surface area contributed by atoms with Gasteiger partial charge in [0.1, 0.15) is 23.7 Å². The van der Waals surface area contributed by atoms with Gasteiger partial charge in [-0.25, -0.2) is 9.78 Å². The van der Waals surface area contributed by atoms with Crippen LogP contribution >= 0.6 is 0 Å². The molecule has 1 aliphatic rings. The number of nitrogens with two attached hydrogens (primary N) is 1. The molecule has 156 valence electrons. The van der Waals surface area contributed by atoms with Crippen LogP contribution in [0.4, 0.5) is 10.6 Å². The number of carbonyl (C=O) groups is 1. The predicted molar refractivity (Wildman–Crippen MR) is 112 cm³/mol. The van der Waals surface area contributed by atoms with Gasteiger partial charge in [0.15, 0.2) is 0 Å². The van der Waals surface area contributed by atoms with E-state index in [1.165, 1.54) is 0 Å². The number of rotatable bonds is 4. The standard InChI is InChI=1S/C22H30N4O3/c1-22(2,3)29-21(28)26-17(13-15-9-10-18(23)25-14-15)11-12-24-20(26)19(27)16-7-5-4-6-8-16/h4-10,14,17,19-20,24,27H,11-13H2,1-3H3,(H2,23,25)/t17-,19+,20-/m0/s1. The highest BCUT2D eigenvalue weighted by molar-refractivity contribution is 5.69. The minimum absolute atomic E-state index is 0.139. The number of pyridine rings is 1. The number of hydrogen-bond donors (Lipinski definition) is 3. The number of nitrogens with one attached hydrogen (secondary N) is 1. The number of hydrogen-bond acceptors (Lipinski definition) is 6. The van der Waals surface area contributed by atoms with Crippen LogP contribution < -0.4 is 11.1 Å². The highest BCUT2D eigenvalue weighted by Gasteiger charge is 2.40. The summed E-state index contributed by atoms with van der Waals surface area (Å²) >= 11 is 0. The van der Waals surface area contributed by atoms with Gasteiger partial charge < -0.3 is 15.6 Å². The molecule has 7 nitrogen and oxygen atoms in total. The van der Waals surface area contributed by atoms with E-state index in [2.05, 4.69) is 10.3 Å². The Kier molecular flexibility index (Phi) is 6.39. The van der Waals surface area contributed by atoms with E-state index in [9.17, 15) is 9.90 Å². The van der Waals surface area contributed by atoms with Crippen LogP contribution in [0.3, 0.4) is 0 Å². The Hall–Kier alpha value is -2.64. The number of aromatic nitrogens is 1. The number of anilines is 1. The van der Waals surface area contributed by atoms with Gasteiger partial charge in [-0.15, -0.1) is 0 Å². The molecule has 2 aromatic rings. The molecule has 2 heterocycles. The molecule has 0 bridgehead atoms. The zero-order chi connectivity index (χ0) is 21.0. The number of nitrogens with zero attached hydrogens (tertiary/aromatic N) is 2. The number of carbonyl (C=O) groups excluding carboxylic acids is 1. The van der Waals surface area contributed by atoms with Crippen molar-refractivity contribution in [1.82, 2.24) is 15.2 Å². The van der Waals surface area contributed by atoms with E-state index >= 15 is 0 Å². The highest BCUT2D eigenvalue weighted by atomic mass is 16.6. The molecule has 0 unspecified atom stereocenters. The van der Waals surface area contributed by atoms with Gasteiger partial charge in [-0.1, -0.05) is 36.4 Å². The van der Waals surface area contributed by atoms with E-state index in [-0.39, 0.29) is 6.04 Å². The zero-order valence-corrected chi connectivity index (χ0v) is 17.2. The maximum absolute atomic E-state index is 13.1. The lowest BCUT2D eigenvalue weighted by Gasteiger charge is -2.44. The van der Waals surface area contributed by atoms with Crippen LogP contribution in [0.15, 0.2) is 48.7 Å². The van der Waals surface area contributed by atoms with Crippen molar-refractivity contribution in [3.05, 3.63) is 59.8 Å². The minimum atomic E-state index is -0.879. The Bertz CT molecular complexity index is 805. The monoisotopic (exact) mass is 398 g/mol. The van der Waals surface area contributed by atoms with E-state index in [0.717, 1.165) is 17.5 Å². The summed E-state index contributed by atoms with van der Waals surface area (Å²) in [5, 5.41) is 14.3. The predicted octanol–water partition coefficient (Wildman–Crippen LogP) is 2.87. The number of aliphatic hydroxyl groups is 1. The second kappa shape index (κ2) is 8.80. The van der Waals surface area contributed by atoms with E-state index in [1.54, 1.807) is 17.2 Å². The van der Waals surface area contributed by atoms with Crippen LogP contribution in [0.5, 0.6) is 0 Å². The van der Waals surface area contributed by atoms with Gasteiger partial charge in [0.05, 0.1) is 0 Å². The average molecular weight is 399 g/mol. The third-order valence-electron chi connectivity index (χ3n) is 4.89. The lowest BCUT2D eigenvalue weighted by molar-refractivity contribution is -0.0421. The van der Waals surface area contributed by atoms with Crippen LogP contribution in [0.25, 0.3) is 0 Å². The first-order valence-corrected chi connectivity index (χ1v) is 9.93. The largest absolute Gasteiger partial charge is 0.444 e. The van der Waals surface area contributed by atoms with Gasteiger partial charge in [0, 0.05) is 12.2 Å². The number of ether oxygens (including phenoxy) is 1. The van der Waals surface area contributed by atoms with Crippen molar-refractivity contribution >= 4 is 11.9 Å². The molecular weight excluding hydrogens is 368 g/mol. The second-order valence-corrected chi connectivity index (χ2v) is 8.38.